The number of urea groups is 1. The highest BCUT2D eigenvalue weighted by atomic mass is 19.1. The van der Waals surface area contributed by atoms with E-state index in [9.17, 15) is 9.18 Å². The highest BCUT2D eigenvalue weighted by Gasteiger charge is 2.33. The van der Waals surface area contributed by atoms with Crippen LogP contribution in [0, 0.1) is 5.82 Å². The molecule has 0 radical (unpaired) electrons. The lowest BCUT2D eigenvalue weighted by atomic mass is 9.91. The normalized spacial score (nSPS) is 17.7. The van der Waals surface area contributed by atoms with Crippen LogP contribution < -0.4 is 25.0 Å². The average molecular weight is 417 g/mol. The lowest BCUT2D eigenvalue weighted by Crippen LogP contribution is -3.12. The number of ether oxygens (including phenoxy) is 2. The van der Waals surface area contributed by atoms with Gasteiger partial charge in [0.25, 0.3) is 0 Å². The molecule has 0 bridgehead atoms. The molecule has 2 atom stereocenters. The molecule has 6 nitrogen and oxygen atoms in total. The molecule has 2 aromatic rings. The molecule has 1 aliphatic rings. The summed E-state index contributed by atoms with van der Waals surface area (Å²) in [5.74, 6) is 1.15. The molecule has 2 amide bonds. The average Bonchev–Trinajstić information content (AvgIpc) is 2.77. The summed E-state index contributed by atoms with van der Waals surface area (Å²) in [5, 5.41) is 5.83. The molecule has 0 aliphatic carbocycles. The summed E-state index contributed by atoms with van der Waals surface area (Å²) in [6, 6.07) is 10.7. The van der Waals surface area contributed by atoms with Crippen molar-refractivity contribution in [2.75, 3.05) is 33.9 Å². The maximum Gasteiger partial charge on any atom is 0.315 e. The molecule has 1 heterocycles. The van der Waals surface area contributed by atoms with Crippen molar-refractivity contribution >= 4 is 6.03 Å². The van der Waals surface area contributed by atoms with Gasteiger partial charge in [0.1, 0.15) is 18.4 Å². The minimum atomic E-state index is -0.199. The fourth-order valence-corrected chi connectivity index (χ4v) is 4.02. The number of rotatable bonds is 8. The number of nitrogens with one attached hydrogen (secondary N) is 3. The summed E-state index contributed by atoms with van der Waals surface area (Å²) < 4.78 is 25.3. The minimum Gasteiger partial charge on any atom is -0.493 e. The summed E-state index contributed by atoms with van der Waals surface area (Å²) in [6.45, 7) is 4.46. The first-order valence-electron chi connectivity index (χ1n) is 10.4. The highest BCUT2D eigenvalue weighted by molar-refractivity contribution is 5.73. The van der Waals surface area contributed by atoms with Crippen molar-refractivity contribution in [3.63, 3.8) is 0 Å². The van der Waals surface area contributed by atoms with Crippen LogP contribution in [0.5, 0.6) is 11.5 Å². The van der Waals surface area contributed by atoms with Crippen LogP contribution in [0.1, 0.15) is 36.1 Å². The van der Waals surface area contributed by atoms with E-state index in [1.54, 1.807) is 20.3 Å². The Morgan fingerprint density at radius 1 is 1.17 bits per heavy atom. The molecule has 0 saturated carbocycles. The summed E-state index contributed by atoms with van der Waals surface area (Å²) in [4.78, 5) is 13.4. The Hall–Kier alpha value is -2.80. The first-order chi connectivity index (χ1) is 14.6. The van der Waals surface area contributed by atoms with Crippen LogP contribution in [0.3, 0.4) is 0 Å². The van der Waals surface area contributed by atoms with Crippen LogP contribution in [0.25, 0.3) is 0 Å². The Bertz CT molecular complexity index is 875. The second-order valence-electron chi connectivity index (χ2n) is 7.52. The van der Waals surface area contributed by atoms with Crippen molar-refractivity contribution in [3.8, 4) is 11.5 Å². The lowest BCUT2D eigenvalue weighted by Gasteiger charge is -2.35. The zero-order valence-electron chi connectivity index (χ0n) is 17.9. The molecule has 1 unspecified atom stereocenters. The number of carbonyl (C=O) groups excluding carboxylic acids is 1. The number of quaternary nitrogens is 1. The van der Waals surface area contributed by atoms with E-state index in [0.717, 1.165) is 24.9 Å². The van der Waals surface area contributed by atoms with Gasteiger partial charge in [0.05, 0.1) is 27.3 Å². The molecule has 0 spiro atoms. The molecule has 0 aromatic heterocycles. The molecule has 30 heavy (non-hydrogen) atoms. The van der Waals surface area contributed by atoms with E-state index in [2.05, 4.69) is 10.6 Å². The number of amides is 2. The van der Waals surface area contributed by atoms with Gasteiger partial charge in [-0.05, 0) is 30.2 Å². The summed E-state index contributed by atoms with van der Waals surface area (Å²) >= 11 is 0. The number of hydrogen-bond donors (Lipinski definition) is 3. The van der Waals surface area contributed by atoms with E-state index in [0.29, 0.717) is 36.7 Å². The third-order valence-corrected chi connectivity index (χ3v) is 5.61. The van der Waals surface area contributed by atoms with Gasteiger partial charge in [0.2, 0.25) is 0 Å². The number of benzene rings is 2. The van der Waals surface area contributed by atoms with Gasteiger partial charge in [0, 0.05) is 24.1 Å². The molecule has 162 valence electrons. The van der Waals surface area contributed by atoms with E-state index in [-0.39, 0.29) is 17.9 Å². The maximum absolute atomic E-state index is 14.3. The Kier molecular flexibility index (Phi) is 7.52. The third-order valence-electron chi connectivity index (χ3n) is 5.61. The van der Waals surface area contributed by atoms with Gasteiger partial charge < -0.3 is 25.0 Å². The Balaban J connectivity index is 1.89. The standard InChI is InChI=1S/C23H30FN3O3/c1-4-10-25-23(28)26-14-20-18-13-22(30-3)21(29-2)12-16(18)9-11-27(20)15-17-7-5-6-8-19(17)24/h5-8,12-13,20H,4,9-11,14-15H2,1-3H3,(H2,25,26,28)/p+1/t20-/m0/s1. The number of carbonyl (C=O) groups is 1. The predicted octanol–water partition coefficient (Wildman–Crippen LogP) is 2.23. The van der Waals surface area contributed by atoms with Gasteiger partial charge in [-0.2, -0.15) is 0 Å². The van der Waals surface area contributed by atoms with E-state index >= 15 is 0 Å². The second kappa shape index (κ2) is 10.3. The first-order valence-corrected chi connectivity index (χ1v) is 10.4. The molecule has 7 heteroatoms. The largest absolute Gasteiger partial charge is 0.493 e. The highest BCUT2D eigenvalue weighted by Crippen LogP contribution is 2.34. The topological polar surface area (TPSA) is 64.0 Å². The van der Waals surface area contributed by atoms with Crippen molar-refractivity contribution in [1.82, 2.24) is 10.6 Å². The fraction of sp³-hybridized carbons (Fsp3) is 0.435. The fourth-order valence-electron chi connectivity index (χ4n) is 4.02. The zero-order valence-corrected chi connectivity index (χ0v) is 17.9. The van der Waals surface area contributed by atoms with Crippen molar-refractivity contribution < 1.29 is 23.6 Å². The number of hydrogen-bond acceptors (Lipinski definition) is 3. The quantitative estimate of drug-likeness (QED) is 0.619. The van der Waals surface area contributed by atoms with Gasteiger partial charge in [-0.15, -0.1) is 0 Å². The predicted molar refractivity (Wildman–Crippen MR) is 114 cm³/mol. The first kappa shape index (κ1) is 21.9. The minimum absolute atomic E-state index is 0.0273. The molecule has 0 saturated heterocycles. The third kappa shape index (κ3) is 5.02. The maximum atomic E-state index is 14.3. The molecular formula is C23H31FN3O3+. The van der Waals surface area contributed by atoms with E-state index in [1.807, 2.05) is 31.2 Å². The van der Waals surface area contributed by atoms with E-state index < -0.39 is 0 Å². The SMILES string of the molecule is CCCNC(=O)NC[C@H]1c2cc(OC)c(OC)cc2CC[NH+]1Cc1ccccc1F. The van der Waals surface area contributed by atoms with Crippen LogP contribution >= 0.6 is 0 Å². The molecular weight excluding hydrogens is 385 g/mol. The van der Waals surface area contributed by atoms with Crippen LogP contribution in [0.15, 0.2) is 36.4 Å². The van der Waals surface area contributed by atoms with Gasteiger partial charge in [0.15, 0.2) is 11.5 Å². The summed E-state index contributed by atoms with van der Waals surface area (Å²) in [6.07, 6.45) is 1.72. The Morgan fingerprint density at radius 3 is 2.60 bits per heavy atom. The molecule has 2 aromatic carbocycles. The molecule has 3 rings (SSSR count). The Morgan fingerprint density at radius 2 is 1.90 bits per heavy atom. The summed E-state index contributed by atoms with van der Waals surface area (Å²) in [7, 11) is 3.24. The van der Waals surface area contributed by atoms with Gasteiger partial charge in [-0.3, -0.25) is 0 Å². The molecule has 1 aliphatic heterocycles. The van der Waals surface area contributed by atoms with Crippen molar-refractivity contribution in [3.05, 3.63) is 58.9 Å². The lowest BCUT2D eigenvalue weighted by molar-refractivity contribution is -0.946. The zero-order chi connectivity index (χ0) is 21.5. The van der Waals surface area contributed by atoms with Crippen molar-refractivity contribution in [1.29, 1.82) is 0 Å². The smallest absolute Gasteiger partial charge is 0.315 e. The van der Waals surface area contributed by atoms with Crippen LogP contribution in [-0.2, 0) is 13.0 Å². The number of halogens is 1. The van der Waals surface area contributed by atoms with Gasteiger partial charge in [-0.1, -0.05) is 25.1 Å². The van der Waals surface area contributed by atoms with Crippen LogP contribution in [0.2, 0.25) is 0 Å². The molecule has 0 fully saturated rings. The monoisotopic (exact) mass is 416 g/mol. The van der Waals surface area contributed by atoms with Crippen LogP contribution in [-0.4, -0.2) is 39.9 Å². The van der Waals surface area contributed by atoms with Gasteiger partial charge >= 0.3 is 6.03 Å². The van der Waals surface area contributed by atoms with Crippen molar-refractivity contribution in [2.45, 2.75) is 32.4 Å². The number of fused-ring (bicyclic) bond motifs is 1. The van der Waals surface area contributed by atoms with Crippen LogP contribution in [0.4, 0.5) is 9.18 Å². The Labute approximate surface area is 177 Å². The van der Waals surface area contributed by atoms with E-state index in [4.69, 9.17) is 9.47 Å². The number of methoxy groups -OCH3 is 2. The van der Waals surface area contributed by atoms with E-state index in [1.165, 1.54) is 16.5 Å². The van der Waals surface area contributed by atoms with Gasteiger partial charge in [-0.25, -0.2) is 9.18 Å². The second-order valence-corrected chi connectivity index (χ2v) is 7.52. The molecule has 3 N–H and O–H groups in total. The van der Waals surface area contributed by atoms with Crippen molar-refractivity contribution in [2.24, 2.45) is 0 Å². The summed E-state index contributed by atoms with van der Waals surface area (Å²) in [5.41, 5.74) is 2.95.